The molecule has 222 valence electrons. The van der Waals surface area contributed by atoms with Gasteiger partial charge in [0.2, 0.25) is 0 Å². The van der Waals surface area contributed by atoms with Crippen molar-refractivity contribution in [2.24, 2.45) is 5.41 Å². The fourth-order valence-electron chi connectivity index (χ4n) is 7.64. The number of hydrogen-bond acceptors (Lipinski definition) is 6. The van der Waals surface area contributed by atoms with Crippen molar-refractivity contribution in [2.75, 3.05) is 39.8 Å². The van der Waals surface area contributed by atoms with E-state index < -0.39 is 11.8 Å². The van der Waals surface area contributed by atoms with Gasteiger partial charge in [-0.05, 0) is 74.6 Å². The van der Waals surface area contributed by atoms with Crippen molar-refractivity contribution >= 4 is 45.5 Å². The average Bonchev–Trinajstić information content (AvgIpc) is 3.77. The largest absolute Gasteiger partial charge is 0.345 e. The first-order valence-corrected chi connectivity index (χ1v) is 15.2. The van der Waals surface area contributed by atoms with Crippen molar-refractivity contribution in [1.82, 2.24) is 34.0 Å². The van der Waals surface area contributed by atoms with Crippen LogP contribution in [0.2, 0.25) is 0 Å². The number of urea groups is 1. The van der Waals surface area contributed by atoms with E-state index in [-0.39, 0.29) is 22.6 Å². The molecule has 44 heavy (non-hydrogen) atoms. The van der Waals surface area contributed by atoms with Crippen LogP contribution in [-0.2, 0) is 22.7 Å². The van der Waals surface area contributed by atoms with Crippen LogP contribution in [0, 0.1) is 16.7 Å². The van der Waals surface area contributed by atoms with Crippen LogP contribution in [0.4, 0.5) is 4.79 Å². The molecule has 11 nitrogen and oxygen atoms in total. The zero-order valence-corrected chi connectivity index (χ0v) is 24.5. The minimum absolute atomic E-state index is 0.0423. The number of carbonyl (C=O) groups is 3. The molecule has 7 heterocycles. The molecule has 4 amide bonds. The quantitative estimate of drug-likeness (QED) is 0.360. The summed E-state index contributed by atoms with van der Waals surface area (Å²) >= 11 is 0. The monoisotopic (exact) mass is 588 g/mol. The normalized spacial score (nSPS) is 20.2. The second kappa shape index (κ2) is 9.79. The van der Waals surface area contributed by atoms with Crippen LogP contribution in [-0.4, -0.2) is 86.3 Å². The number of pyridine rings is 1. The van der Waals surface area contributed by atoms with Gasteiger partial charge in [-0.3, -0.25) is 19.3 Å². The molecule has 1 N–H and O–H groups in total. The Morgan fingerprint density at radius 3 is 2.61 bits per heavy atom. The number of nitriles is 1. The predicted molar refractivity (Wildman–Crippen MR) is 163 cm³/mol. The maximum absolute atomic E-state index is 13.9. The predicted octanol–water partition coefficient (Wildman–Crippen LogP) is 3.08. The summed E-state index contributed by atoms with van der Waals surface area (Å²) in [6.07, 6.45) is 8.60. The first-order chi connectivity index (χ1) is 21.3. The van der Waals surface area contributed by atoms with Crippen molar-refractivity contribution in [3.63, 3.8) is 0 Å². The summed E-state index contributed by atoms with van der Waals surface area (Å²) in [4.78, 5) is 51.2. The summed E-state index contributed by atoms with van der Waals surface area (Å²) in [6, 6.07) is 11.5. The molecule has 2 saturated heterocycles. The molecule has 4 aliphatic rings. The van der Waals surface area contributed by atoms with Crippen molar-refractivity contribution in [3.8, 4) is 6.07 Å². The van der Waals surface area contributed by atoms with Crippen molar-refractivity contribution in [2.45, 2.75) is 32.4 Å². The molecule has 1 aromatic carbocycles. The fourth-order valence-corrected chi connectivity index (χ4v) is 7.64. The Balaban J connectivity index is 1.18. The zero-order valence-electron chi connectivity index (χ0n) is 24.5. The lowest BCUT2D eigenvalue weighted by Crippen LogP contribution is -2.45. The lowest BCUT2D eigenvalue weighted by atomic mass is 9.78. The summed E-state index contributed by atoms with van der Waals surface area (Å²) in [5.74, 6) is -0.963. The number of amides is 4. The van der Waals surface area contributed by atoms with E-state index in [0.29, 0.717) is 47.5 Å². The number of nitrogens with zero attached hydrogens (tertiary/aromatic N) is 7. The van der Waals surface area contributed by atoms with Crippen molar-refractivity contribution in [1.29, 1.82) is 5.26 Å². The summed E-state index contributed by atoms with van der Waals surface area (Å²) in [6.45, 7) is 5.10. The average molecular weight is 589 g/mol. The highest BCUT2D eigenvalue weighted by atomic mass is 16.2. The molecule has 0 aliphatic carbocycles. The topological polar surface area (TPSA) is 119 Å². The van der Waals surface area contributed by atoms with E-state index in [9.17, 15) is 19.6 Å². The number of fused-ring (bicyclic) bond motifs is 1. The van der Waals surface area contributed by atoms with Gasteiger partial charge in [0.1, 0.15) is 5.65 Å². The highest BCUT2D eigenvalue weighted by molar-refractivity contribution is 6.49. The maximum Gasteiger partial charge on any atom is 0.320 e. The third kappa shape index (κ3) is 4.05. The van der Waals surface area contributed by atoms with Gasteiger partial charge in [0.15, 0.2) is 0 Å². The maximum atomic E-state index is 13.9. The zero-order chi connectivity index (χ0) is 30.2. The van der Waals surface area contributed by atoms with Gasteiger partial charge in [-0.2, -0.15) is 5.26 Å². The van der Waals surface area contributed by atoms with Crippen LogP contribution >= 0.6 is 0 Å². The third-order valence-electron chi connectivity index (χ3n) is 10.1. The molecule has 0 saturated carbocycles. The van der Waals surface area contributed by atoms with Gasteiger partial charge in [0.25, 0.3) is 11.8 Å². The van der Waals surface area contributed by atoms with Gasteiger partial charge < -0.3 is 19.3 Å². The number of imidazole rings is 1. The molecular formula is C33H32N8O3. The highest BCUT2D eigenvalue weighted by Gasteiger charge is 2.43. The number of hydrogen-bond donors (Lipinski definition) is 1. The van der Waals surface area contributed by atoms with E-state index in [1.54, 1.807) is 16.7 Å². The number of nitrogens with one attached hydrogen (secondary N) is 1. The minimum Gasteiger partial charge on any atom is -0.345 e. The van der Waals surface area contributed by atoms with E-state index >= 15 is 0 Å². The Hall–Kier alpha value is -4.95. The standard InChI is InChI=1S/C33H32N8O3/c1-37-9-5-33(6-10-37)7-11-40(20-33)32(44)39-13-12-38-19-24(23-15-21(16-34)14-22(18-39)29(23)38)27-28(31(43)36-30(27)42)25-17-35-26-4-2-3-8-41(25)26/h2-4,8,14-15,17,19H,5-7,9-13,18,20H2,1H3,(H,36,42,43). The summed E-state index contributed by atoms with van der Waals surface area (Å²) < 4.78 is 3.85. The van der Waals surface area contributed by atoms with E-state index in [1.807, 2.05) is 46.5 Å². The number of imide groups is 1. The lowest BCUT2D eigenvalue weighted by Gasteiger charge is -2.38. The first-order valence-electron chi connectivity index (χ1n) is 15.2. The number of benzene rings is 1. The van der Waals surface area contributed by atoms with Gasteiger partial charge in [0, 0.05) is 56.1 Å². The number of rotatable bonds is 2. The molecule has 4 aromatic rings. The SMILES string of the molecule is CN1CCC2(CC1)CCN(C(=O)N1CCn3cc(C4=C(c5cnc6ccccn56)C(=O)NC4=O)c4cc(C#N)cc(c43)C1)C2. The molecule has 0 unspecified atom stereocenters. The summed E-state index contributed by atoms with van der Waals surface area (Å²) in [5.41, 5.74) is 4.67. The Morgan fingerprint density at radius 1 is 1.00 bits per heavy atom. The van der Waals surface area contributed by atoms with E-state index in [0.717, 1.165) is 56.5 Å². The molecular weight excluding hydrogens is 556 g/mol. The Kier molecular flexibility index (Phi) is 5.93. The lowest BCUT2D eigenvalue weighted by molar-refractivity contribution is -0.122. The summed E-state index contributed by atoms with van der Waals surface area (Å²) in [5, 5.41) is 13.2. The minimum atomic E-state index is -0.482. The highest BCUT2D eigenvalue weighted by Crippen LogP contribution is 2.42. The summed E-state index contributed by atoms with van der Waals surface area (Å²) in [7, 11) is 2.16. The molecule has 4 aliphatic heterocycles. The molecule has 11 heteroatoms. The molecule has 3 aromatic heterocycles. The Morgan fingerprint density at radius 2 is 1.80 bits per heavy atom. The third-order valence-corrected chi connectivity index (χ3v) is 10.1. The first kappa shape index (κ1) is 26.7. The van der Waals surface area contributed by atoms with E-state index in [2.05, 4.69) is 32.9 Å². The van der Waals surface area contributed by atoms with Crippen LogP contribution in [0.25, 0.3) is 27.7 Å². The molecule has 1 spiro atoms. The van der Waals surface area contributed by atoms with Crippen LogP contribution in [0.3, 0.4) is 0 Å². The van der Waals surface area contributed by atoms with Crippen LogP contribution in [0.1, 0.15) is 41.6 Å². The number of carbonyl (C=O) groups excluding carboxylic acids is 3. The van der Waals surface area contributed by atoms with Crippen molar-refractivity contribution < 1.29 is 14.4 Å². The molecule has 8 rings (SSSR count). The van der Waals surface area contributed by atoms with E-state index in [4.69, 9.17) is 0 Å². The van der Waals surface area contributed by atoms with Gasteiger partial charge in [0.05, 0.1) is 40.2 Å². The Labute approximate surface area is 253 Å². The van der Waals surface area contributed by atoms with Gasteiger partial charge >= 0.3 is 6.03 Å². The number of likely N-dealkylation sites (tertiary alicyclic amines) is 2. The molecule has 0 bridgehead atoms. The van der Waals surface area contributed by atoms with Crippen molar-refractivity contribution in [3.05, 3.63) is 71.3 Å². The second-order valence-electron chi connectivity index (χ2n) is 12.7. The van der Waals surface area contributed by atoms with E-state index in [1.165, 1.54) is 0 Å². The fraction of sp³-hybridized carbons (Fsp3) is 0.364. The Bertz CT molecular complexity index is 1970. The van der Waals surface area contributed by atoms with Gasteiger partial charge in [-0.1, -0.05) is 6.07 Å². The smallest absolute Gasteiger partial charge is 0.320 e. The van der Waals surface area contributed by atoms with Crippen LogP contribution in [0.5, 0.6) is 0 Å². The van der Waals surface area contributed by atoms with Crippen LogP contribution < -0.4 is 5.32 Å². The molecule has 0 atom stereocenters. The second-order valence-corrected chi connectivity index (χ2v) is 12.7. The number of aromatic nitrogens is 3. The van der Waals surface area contributed by atoms with Gasteiger partial charge in [-0.15, -0.1) is 0 Å². The van der Waals surface area contributed by atoms with Crippen LogP contribution in [0.15, 0.2) is 48.9 Å². The molecule has 0 radical (unpaired) electrons. The van der Waals surface area contributed by atoms with Gasteiger partial charge in [-0.25, -0.2) is 9.78 Å². The number of piperidine rings is 1. The molecule has 2 fully saturated rings.